The van der Waals surface area contributed by atoms with Crippen molar-refractivity contribution in [3.8, 4) is 0 Å². The quantitative estimate of drug-likeness (QED) is 0.531. The summed E-state index contributed by atoms with van der Waals surface area (Å²) in [6, 6.07) is 14.2. The first-order valence-electron chi connectivity index (χ1n) is 10.00. The van der Waals surface area contributed by atoms with Crippen LogP contribution in [0.25, 0.3) is 21.8 Å². The standard InChI is InChI=1S/C24H20N3O2/c1-26-23(28)20(17-12-25-19-10-3-2-8-15(17)19)21(24(26)29)18-13-27-11-5-7-14-6-4-9-16(18)22(14)27/h2-4,6,8-10,12-13,20-21,25H,1,5,7,11H2/t20-,21-/m1/s1. The van der Waals surface area contributed by atoms with Crippen molar-refractivity contribution in [1.29, 1.82) is 0 Å². The third-order valence-corrected chi connectivity index (χ3v) is 6.55. The van der Waals surface area contributed by atoms with E-state index in [2.05, 4.69) is 41.0 Å². The van der Waals surface area contributed by atoms with E-state index >= 15 is 0 Å². The van der Waals surface area contributed by atoms with E-state index in [0.717, 1.165) is 51.7 Å². The summed E-state index contributed by atoms with van der Waals surface area (Å²) in [4.78, 5) is 30.7. The topological polar surface area (TPSA) is 58.1 Å². The van der Waals surface area contributed by atoms with Crippen molar-refractivity contribution in [1.82, 2.24) is 14.5 Å². The maximum absolute atomic E-state index is 13.2. The zero-order valence-corrected chi connectivity index (χ0v) is 15.9. The van der Waals surface area contributed by atoms with Crippen LogP contribution in [-0.4, -0.2) is 26.3 Å². The molecule has 143 valence electrons. The molecule has 1 N–H and O–H groups in total. The number of nitrogens with zero attached hydrogens (tertiary/aromatic N) is 2. The first-order chi connectivity index (χ1) is 14.1. The largest absolute Gasteiger partial charge is 0.361 e. The highest BCUT2D eigenvalue weighted by Crippen LogP contribution is 2.46. The SMILES string of the molecule is [CH2]N1C(=O)[C@H](c2c[nH]c3ccccc23)[C@@H](c2cn3c4c(cccc24)CCC3)C1=O. The Morgan fingerprint density at radius 3 is 2.55 bits per heavy atom. The van der Waals surface area contributed by atoms with Crippen LogP contribution in [0.5, 0.6) is 0 Å². The second-order valence-electron chi connectivity index (χ2n) is 8.04. The van der Waals surface area contributed by atoms with Crippen LogP contribution in [0.15, 0.2) is 54.9 Å². The van der Waals surface area contributed by atoms with Gasteiger partial charge in [0, 0.05) is 42.3 Å². The summed E-state index contributed by atoms with van der Waals surface area (Å²) >= 11 is 0. The van der Waals surface area contributed by atoms with E-state index in [1.54, 1.807) is 0 Å². The number of aromatic nitrogens is 2. The summed E-state index contributed by atoms with van der Waals surface area (Å²) in [5.74, 6) is -1.60. The van der Waals surface area contributed by atoms with Gasteiger partial charge in [0.05, 0.1) is 17.4 Å². The highest BCUT2D eigenvalue weighted by molar-refractivity contribution is 6.13. The summed E-state index contributed by atoms with van der Waals surface area (Å²) in [5, 5.41) is 2.06. The van der Waals surface area contributed by atoms with Gasteiger partial charge in [0.25, 0.3) is 0 Å². The Hall–Kier alpha value is -3.34. The Morgan fingerprint density at radius 2 is 1.69 bits per heavy atom. The Kier molecular flexibility index (Phi) is 3.34. The Balaban J connectivity index is 1.60. The first-order valence-corrected chi connectivity index (χ1v) is 10.00. The minimum Gasteiger partial charge on any atom is -0.361 e. The molecular formula is C24H20N3O2. The van der Waals surface area contributed by atoms with E-state index < -0.39 is 11.8 Å². The molecule has 2 aromatic heterocycles. The van der Waals surface area contributed by atoms with Gasteiger partial charge in [-0.2, -0.15) is 0 Å². The second kappa shape index (κ2) is 5.83. The number of aromatic amines is 1. The lowest BCUT2D eigenvalue weighted by Crippen LogP contribution is -2.23. The normalized spacial score (nSPS) is 21.6. The van der Waals surface area contributed by atoms with Crippen molar-refractivity contribution in [3.63, 3.8) is 0 Å². The lowest BCUT2D eigenvalue weighted by Gasteiger charge is -2.15. The minimum atomic E-state index is -0.570. The molecule has 2 amide bonds. The Labute approximate surface area is 167 Å². The molecule has 0 aliphatic carbocycles. The third-order valence-electron chi connectivity index (χ3n) is 6.55. The van der Waals surface area contributed by atoms with Gasteiger partial charge in [0.1, 0.15) is 0 Å². The minimum absolute atomic E-state index is 0.228. The van der Waals surface area contributed by atoms with E-state index in [1.807, 2.05) is 30.5 Å². The molecule has 0 saturated carbocycles. The molecule has 5 nitrogen and oxygen atoms in total. The number of amides is 2. The molecule has 2 aliphatic rings. The average molecular weight is 382 g/mol. The molecule has 1 fully saturated rings. The fourth-order valence-electron chi connectivity index (χ4n) is 5.24. The van der Waals surface area contributed by atoms with Gasteiger partial charge in [-0.25, -0.2) is 0 Å². The van der Waals surface area contributed by atoms with Crippen molar-refractivity contribution >= 4 is 33.6 Å². The number of likely N-dealkylation sites (tertiary alicyclic amines) is 1. The number of para-hydroxylation sites is 2. The predicted molar refractivity (Wildman–Crippen MR) is 111 cm³/mol. The maximum Gasteiger partial charge on any atom is 0.238 e. The second-order valence-corrected chi connectivity index (χ2v) is 8.04. The van der Waals surface area contributed by atoms with Crippen molar-refractivity contribution in [2.24, 2.45) is 0 Å². The number of aryl methyl sites for hydroxylation is 2. The summed E-state index contributed by atoms with van der Waals surface area (Å²) in [6.07, 6.45) is 6.09. The fraction of sp³-hybridized carbons (Fsp3) is 0.208. The van der Waals surface area contributed by atoms with Crippen LogP contribution in [0.2, 0.25) is 0 Å². The summed E-state index contributed by atoms with van der Waals surface area (Å²) in [5.41, 5.74) is 5.28. The van der Waals surface area contributed by atoms with E-state index in [1.165, 1.54) is 11.1 Å². The van der Waals surface area contributed by atoms with Gasteiger partial charge in [-0.05, 0) is 35.6 Å². The molecule has 6 rings (SSSR count). The average Bonchev–Trinajstić information content (AvgIpc) is 3.39. The molecule has 2 aliphatic heterocycles. The van der Waals surface area contributed by atoms with Gasteiger partial charge >= 0.3 is 0 Å². The van der Waals surface area contributed by atoms with Gasteiger partial charge in [0.2, 0.25) is 11.8 Å². The number of hydrogen-bond donors (Lipinski definition) is 1. The smallest absolute Gasteiger partial charge is 0.238 e. The number of fused-ring (bicyclic) bond motifs is 1. The Bertz CT molecular complexity index is 1310. The summed E-state index contributed by atoms with van der Waals surface area (Å²) in [7, 11) is 3.77. The first kappa shape index (κ1) is 16.6. The molecule has 4 heterocycles. The van der Waals surface area contributed by atoms with Gasteiger partial charge in [-0.3, -0.25) is 14.5 Å². The van der Waals surface area contributed by atoms with Crippen molar-refractivity contribution in [2.45, 2.75) is 31.2 Å². The molecular weight excluding hydrogens is 362 g/mol. The van der Waals surface area contributed by atoms with Crippen LogP contribution >= 0.6 is 0 Å². The number of rotatable bonds is 2. The lowest BCUT2D eigenvalue weighted by atomic mass is 9.83. The number of imide groups is 1. The number of nitrogens with one attached hydrogen (secondary N) is 1. The van der Waals surface area contributed by atoms with Crippen LogP contribution < -0.4 is 0 Å². The van der Waals surface area contributed by atoms with Crippen molar-refractivity contribution in [3.05, 3.63) is 78.6 Å². The zero-order valence-electron chi connectivity index (χ0n) is 15.9. The third kappa shape index (κ3) is 2.15. The number of carbonyl (C=O) groups is 2. The van der Waals surface area contributed by atoms with Crippen LogP contribution in [0, 0.1) is 7.05 Å². The number of hydrogen-bond acceptors (Lipinski definition) is 2. The number of carbonyl (C=O) groups excluding carboxylic acids is 2. The fourth-order valence-corrected chi connectivity index (χ4v) is 5.24. The molecule has 0 unspecified atom stereocenters. The maximum atomic E-state index is 13.2. The summed E-state index contributed by atoms with van der Waals surface area (Å²) in [6.45, 7) is 0.939. The highest BCUT2D eigenvalue weighted by atomic mass is 16.2. The van der Waals surface area contributed by atoms with E-state index in [0.29, 0.717) is 0 Å². The summed E-state index contributed by atoms with van der Waals surface area (Å²) < 4.78 is 2.25. The molecule has 0 spiro atoms. The van der Waals surface area contributed by atoms with E-state index in [-0.39, 0.29) is 11.8 Å². The van der Waals surface area contributed by atoms with Crippen LogP contribution in [0.4, 0.5) is 0 Å². The monoisotopic (exact) mass is 382 g/mol. The van der Waals surface area contributed by atoms with E-state index in [4.69, 9.17) is 0 Å². The van der Waals surface area contributed by atoms with Crippen LogP contribution in [0.3, 0.4) is 0 Å². The molecule has 29 heavy (non-hydrogen) atoms. The van der Waals surface area contributed by atoms with Crippen LogP contribution in [-0.2, 0) is 22.6 Å². The predicted octanol–water partition coefficient (Wildman–Crippen LogP) is 4.10. The molecule has 5 heteroatoms. The molecule has 4 aromatic rings. The van der Waals surface area contributed by atoms with Crippen molar-refractivity contribution < 1.29 is 9.59 Å². The molecule has 2 aromatic carbocycles. The van der Waals surface area contributed by atoms with Gasteiger partial charge < -0.3 is 9.55 Å². The Morgan fingerprint density at radius 1 is 0.931 bits per heavy atom. The van der Waals surface area contributed by atoms with Gasteiger partial charge in [-0.15, -0.1) is 0 Å². The molecule has 1 saturated heterocycles. The number of H-pyrrole nitrogens is 1. The zero-order chi connectivity index (χ0) is 19.7. The van der Waals surface area contributed by atoms with Gasteiger partial charge in [0.15, 0.2) is 0 Å². The number of benzene rings is 2. The van der Waals surface area contributed by atoms with Gasteiger partial charge in [-0.1, -0.05) is 36.4 Å². The van der Waals surface area contributed by atoms with Crippen LogP contribution in [0.1, 0.15) is 34.9 Å². The van der Waals surface area contributed by atoms with E-state index in [9.17, 15) is 9.59 Å². The van der Waals surface area contributed by atoms with Crippen molar-refractivity contribution in [2.75, 3.05) is 0 Å². The highest BCUT2D eigenvalue weighted by Gasteiger charge is 2.49. The molecule has 1 radical (unpaired) electrons. The lowest BCUT2D eigenvalue weighted by molar-refractivity contribution is -0.136. The molecule has 2 atom stereocenters. The molecule has 0 bridgehead atoms.